The van der Waals surface area contributed by atoms with Crippen LogP contribution in [0.2, 0.25) is 0 Å². The van der Waals surface area contributed by atoms with Crippen LogP contribution in [-0.4, -0.2) is 35.0 Å². The molecule has 0 unspecified atom stereocenters. The third-order valence-corrected chi connectivity index (χ3v) is 4.06. The van der Waals surface area contributed by atoms with E-state index in [2.05, 4.69) is 42.3 Å². The van der Waals surface area contributed by atoms with Crippen molar-refractivity contribution in [2.75, 3.05) is 19.3 Å². The first-order valence-electron chi connectivity index (χ1n) is 6.23. The highest BCUT2D eigenvalue weighted by molar-refractivity contribution is 7.98. The fraction of sp³-hybridized carbons (Fsp3) is 0.571. The molecule has 17 heavy (non-hydrogen) atoms. The summed E-state index contributed by atoms with van der Waals surface area (Å²) in [6.07, 6.45) is 4.08. The van der Waals surface area contributed by atoms with Crippen molar-refractivity contribution in [3.05, 3.63) is 29.8 Å². The second-order valence-corrected chi connectivity index (χ2v) is 5.85. The first-order valence-corrected chi connectivity index (χ1v) is 7.45. The monoisotopic (exact) mass is 251 g/mol. The Hall–Kier alpha value is -0.510. The van der Waals surface area contributed by atoms with Gasteiger partial charge >= 0.3 is 0 Å². The van der Waals surface area contributed by atoms with Gasteiger partial charge in [-0.05, 0) is 30.4 Å². The minimum absolute atomic E-state index is 0.409. The Bertz CT molecular complexity index is 357. The molecule has 3 heteroatoms. The van der Waals surface area contributed by atoms with E-state index in [0.29, 0.717) is 0 Å². The van der Waals surface area contributed by atoms with Crippen molar-refractivity contribution in [1.82, 2.24) is 4.90 Å². The molecule has 1 aliphatic rings. The van der Waals surface area contributed by atoms with Crippen LogP contribution in [0.3, 0.4) is 0 Å². The van der Waals surface area contributed by atoms with Crippen molar-refractivity contribution in [3.8, 4) is 0 Å². The summed E-state index contributed by atoms with van der Waals surface area (Å²) in [5.41, 5.74) is 0.926. The lowest BCUT2D eigenvalue weighted by Crippen LogP contribution is -2.60. The Kier molecular flexibility index (Phi) is 4.13. The van der Waals surface area contributed by atoms with Gasteiger partial charge in [-0.2, -0.15) is 0 Å². The maximum absolute atomic E-state index is 10.1. The SMILES string of the molecule is CCCC1(O)CN(Cc2ccc(SC)cc2)C1. The molecule has 0 atom stereocenters. The highest BCUT2D eigenvalue weighted by Gasteiger charge is 2.39. The van der Waals surface area contributed by atoms with Crippen LogP contribution in [0.15, 0.2) is 29.2 Å². The summed E-state index contributed by atoms with van der Waals surface area (Å²) in [7, 11) is 0. The van der Waals surface area contributed by atoms with Crippen LogP contribution < -0.4 is 0 Å². The van der Waals surface area contributed by atoms with Crippen molar-refractivity contribution in [3.63, 3.8) is 0 Å². The van der Waals surface area contributed by atoms with Gasteiger partial charge < -0.3 is 5.11 Å². The maximum atomic E-state index is 10.1. The lowest BCUT2D eigenvalue weighted by molar-refractivity contribution is -0.106. The summed E-state index contributed by atoms with van der Waals surface area (Å²) in [6.45, 7) is 4.73. The van der Waals surface area contributed by atoms with Gasteiger partial charge in [-0.1, -0.05) is 25.5 Å². The van der Waals surface area contributed by atoms with Gasteiger partial charge in [-0.25, -0.2) is 0 Å². The molecule has 0 amide bonds. The number of β-amino-alcohol motifs (C(OH)–C–C–N with tert-alkyl or cyclic N) is 1. The molecule has 0 spiro atoms. The summed E-state index contributed by atoms with van der Waals surface area (Å²) in [6, 6.07) is 8.70. The van der Waals surface area contributed by atoms with Gasteiger partial charge in [0.25, 0.3) is 0 Å². The Labute approximate surface area is 108 Å². The molecular formula is C14H21NOS. The predicted molar refractivity (Wildman–Crippen MR) is 73.4 cm³/mol. The number of likely N-dealkylation sites (tertiary alicyclic amines) is 1. The summed E-state index contributed by atoms with van der Waals surface area (Å²) in [4.78, 5) is 3.61. The molecule has 2 nitrogen and oxygen atoms in total. The standard InChI is InChI=1S/C14H21NOS/c1-3-8-14(16)10-15(11-14)9-12-4-6-13(17-2)7-5-12/h4-7,16H,3,8-11H2,1-2H3. The molecule has 1 aliphatic heterocycles. The minimum Gasteiger partial charge on any atom is -0.387 e. The van der Waals surface area contributed by atoms with Crippen LogP contribution in [0.25, 0.3) is 0 Å². The Morgan fingerprint density at radius 1 is 1.29 bits per heavy atom. The number of thioether (sulfide) groups is 1. The molecule has 1 fully saturated rings. The molecule has 1 aromatic rings. The highest BCUT2D eigenvalue weighted by Crippen LogP contribution is 2.27. The van der Waals surface area contributed by atoms with Crippen LogP contribution in [-0.2, 0) is 6.54 Å². The van der Waals surface area contributed by atoms with E-state index in [1.165, 1.54) is 10.5 Å². The summed E-state index contributed by atoms with van der Waals surface area (Å²) in [5.74, 6) is 0. The van der Waals surface area contributed by atoms with E-state index >= 15 is 0 Å². The summed E-state index contributed by atoms with van der Waals surface area (Å²) in [5, 5.41) is 10.1. The molecule has 0 aliphatic carbocycles. The zero-order valence-corrected chi connectivity index (χ0v) is 11.5. The normalized spacial score (nSPS) is 19.0. The van der Waals surface area contributed by atoms with Crippen molar-refractivity contribution in [2.24, 2.45) is 0 Å². The summed E-state index contributed by atoms with van der Waals surface area (Å²) < 4.78 is 0. The Morgan fingerprint density at radius 3 is 2.47 bits per heavy atom. The minimum atomic E-state index is -0.409. The molecule has 2 rings (SSSR count). The second kappa shape index (κ2) is 5.42. The largest absolute Gasteiger partial charge is 0.387 e. The van der Waals surface area contributed by atoms with Crippen LogP contribution in [0.5, 0.6) is 0 Å². The number of nitrogens with zero attached hydrogens (tertiary/aromatic N) is 1. The second-order valence-electron chi connectivity index (χ2n) is 4.97. The topological polar surface area (TPSA) is 23.5 Å². The Morgan fingerprint density at radius 2 is 1.94 bits per heavy atom. The zero-order chi connectivity index (χ0) is 12.3. The predicted octanol–water partition coefficient (Wildman–Crippen LogP) is 2.76. The molecular weight excluding hydrogens is 230 g/mol. The number of hydrogen-bond donors (Lipinski definition) is 1. The van der Waals surface area contributed by atoms with E-state index in [-0.39, 0.29) is 0 Å². The average molecular weight is 251 g/mol. The van der Waals surface area contributed by atoms with Crippen molar-refractivity contribution >= 4 is 11.8 Å². The van der Waals surface area contributed by atoms with E-state index in [4.69, 9.17) is 0 Å². The van der Waals surface area contributed by atoms with Crippen LogP contribution in [0, 0.1) is 0 Å². The third-order valence-electron chi connectivity index (χ3n) is 3.32. The van der Waals surface area contributed by atoms with Crippen LogP contribution >= 0.6 is 11.8 Å². The van der Waals surface area contributed by atoms with Crippen LogP contribution in [0.1, 0.15) is 25.3 Å². The maximum Gasteiger partial charge on any atom is 0.0900 e. The molecule has 0 radical (unpaired) electrons. The van der Waals surface area contributed by atoms with Gasteiger partial charge in [0.15, 0.2) is 0 Å². The average Bonchev–Trinajstić information content (AvgIpc) is 2.28. The van der Waals surface area contributed by atoms with E-state index in [1.54, 1.807) is 11.8 Å². The van der Waals surface area contributed by atoms with E-state index in [0.717, 1.165) is 32.5 Å². The van der Waals surface area contributed by atoms with Crippen molar-refractivity contribution in [2.45, 2.75) is 36.8 Å². The lowest BCUT2D eigenvalue weighted by Gasteiger charge is -2.46. The van der Waals surface area contributed by atoms with Crippen LogP contribution in [0.4, 0.5) is 0 Å². The first-order chi connectivity index (χ1) is 8.15. The van der Waals surface area contributed by atoms with Crippen molar-refractivity contribution in [1.29, 1.82) is 0 Å². The molecule has 0 aromatic heterocycles. The molecule has 1 saturated heterocycles. The molecule has 1 aromatic carbocycles. The van der Waals surface area contributed by atoms with E-state index in [1.807, 2.05) is 0 Å². The zero-order valence-electron chi connectivity index (χ0n) is 10.6. The van der Waals surface area contributed by atoms with Gasteiger partial charge in [0.2, 0.25) is 0 Å². The molecule has 1 heterocycles. The fourth-order valence-corrected chi connectivity index (χ4v) is 2.92. The molecule has 1 N–H and O–H groups in total. The summed E-state index contributed by atoms with van der Waals surface area (Å²) >= 11 is 1.77. The van der Waals surface area contributed by atoms with Gasteiger partial charge in [0, 0.05) is 24.5 Å². The highest BCUT2D eigenvalue weighted by atomic mass is 32.2. The van der Waals surface area contributed by atoms with Gasteiger partial charge in [0.1, 0.15) is 0 Å². The molecule has 0 saturated carbocycles. The number of benzene rings is 1. The van der Waals surface area contributed by atoms with E-state index in [9.17, 15) is 5.11 Å². The van der Waals surface area contributed by atoms with Gasteiger partial charge in [-0.15, -0.1) is 11.8 Å². The van der Waals surface area contributed by atoms with Gasteiger partial charge in [0.05, 0.1) is 5.60 Å². The number of aliphatic hydroxyl groups is 1. The molecule has 94 valence electrons. The number of rotatable bonds is 5. The Balaban J connectivity index is 1.83. The number of hydrogen-bond acceptors (Lipinski definition) is 3. The van der Waals surface area contributed by atoms with Crippen molar-refractivity contribution < 1.29 is 5.11 Å². The first kappa shape index (κ1) is 12.9. The molecule has 0 bridgehead atoms. The fourth-order valence-electron chi connectivity index (χ4n) is 2.51. The van der Waals surface area contributed by atoms with E-state index < -0.39 is 5.60 Å². The quantitative estimate of drug-likeness (QED) is 0.814. The third kappa shape index (κ3) is 3.24. The van der Waals surface area contributed by atoms with Gasteiger partial charge in [-0.3, -0.25) is 4.90 Å². The smallest absolute Gasteiger partial charge is 0.0900 e. The lowest BCUT2D eigenvalue weighted by atomic mass is 9.89.